The molecule has 0 aromatic heterocycles. The van der Waals surface area contributed by atoms with E-state index in [1.165, 1.54) is 43.2 Å². The Morgan fingerprint density at radius 3 is 2.65 bits per heavy atom. The molecular weight excluding hydrogens is 246 g/mol. The minimum absolute atomic E-state index is 0.465. The van der Waals surface area contributed by atoms with Gasteiger partial charge in [0, 0.05) is 20.2 Å². The van der Waals surface area contributed by atoms with Gasteiger partial charge in [0.1, 0.15) is 0 Å². The predicted molar refractivity (Wildman–Crippen MR) is 85.3 cm³/mol. The van der Waals surface area contributed by atoms with Gasteiger partial charge in [-0.05, 0) is 49.7 Å². The third-order valence-electron chi connectivity index (χ3n) is 4.72. The van der Waals surface area contributed by atoms with E-state index < -0.39 is 0 Å². The molecule has 0 spiro atoms. The summed E-state index contributed by atoms with van der Waals surface area (Å²) in [6.45, 7) is 7.34. The van der Waals surface area contributed by atoms with E-state index in [1.807, 2.05) is 0 Å². The van der Waals surface area contributed by atoms with Gasteiger partial charge in [-0.15, -0.1) is 0 Å². The van der Waals surface area contributed by atoms with E-state index >= 15 is 0 Å². The maximum Gasteiger partial charge on any atom is 0.0587 e. The highest BCUT2D eigenvalue weighted by atomic mass is 16.5. The molecule has 0 heterocycles. The first-order valence-corrected chi connectivity index (χ1v) is 7.91. The maximum absolute atomic E-state index is 5.13. The standard InChI is InChI=1S/C18H29NO/c1-15-6-7-16(2)17(12-15)13-18(8-4-5-9-18)14-19-10-11-20-3/h6-7,12,19H,4-5,8-11,13-14H2,1-3H3. The molecule has 0 amide bonds. The summed E-state index contributed by atoms with van der Waals surface area (Å²) in [5, 5.41) is 3.60. The van der Waals surface area contributed by atoms with E-state index in [2.05, 4.69) is 37.4 Å². The predicted octanol–water partition coefficient (Wildman–Crippen LogP) is 3.64. The van der Waals surface area contributed by atoms with Crippen LogP contribution >= 0.6 is 0 Å². The Morgan fingerprint density at radius 1 is 1.20 bits per heavy atom. The van der Waals surface area contributed by atoms with Gasteiger partial charge < -0.3 is 10.1 Å². The van der Waals surface area contributed by atoms with Gasteiger partial charge in [0.15, 0.2) is 0 Å². The first-order valence-electron chi connectivity index (χ1n) is 7.91. The van der Waals surface area contributed by atoms with E-state index in [4.69, 9.17) is 4.74 Å². The van der Waals surface area contributed by atoms with Gasteiger partial charge in [-0.25, -0.2) is 0 Å². The average molecular weight is 275 g/mol. The van der Waals surface area contributed by atoms with Gasteiger partial charge in [0.2, 0.25) is 0 Å². The zero-order valence-corrected chi connectivity index (χ0v) is 13.3. The topological polar surface area (TPSA) is 21.3 Å². The zero-order valence-electron chi connectivity index (χ0n) is 13.3. The fraction of sp³-hybridized carbons (Fsp3) is 0.667. The van der Waals surface area contributed by atoms with Crippen molar-refractivity contribution in [2.75, 3.05) is 26.8 Å². The number of nitrogens with one attached hydrogen (secondary N) is 1. The van der Waals surface area contributed by atoms with Crippen LogP contribution in [0.25, 0.3) is 0 Å². The second-order valence-electron chi connectivity index (χ2n) is 6.48. The minimum atomic E-state index is 0.465. The second-order valence-corrected chi connectivity index (χ2v) is 6.48. The van der Waals surface area contributed by atoms with Gasteiger partial charge >= 0.3 is 0 Å². The number of benzene rings is 1. The fourth-order valence-corrected chi connectivity index (χ4v) is 3.46. The molecule has 1 saturated carbocycles. The van der Waals surface area contributed by atoms with Crippen LogP contribution in [0.3, 0.4) is 0 Å². The van der Waals surface area contributed by atoms with Crippen LogP contribution in [0.4, 0.5) is 0 Å². The van der Waals surface area contributed by atoms with Crippen molar-refractivity contribution >= 4 is 0 Å². The zero-order chi connectivity index (χ0) is 14.4. The Labute approximate surface area is 123 Å². The van der Waals surface area contributed by atoms with Crippen molar-refractivity contribution in [2.24, 2.45) is 5.41 Å². The molecule has 0 radical (unpaired) electrons. The number of rotatable bonds is 7. The number of methoxy groups -OCH3 is 1. The normalized spacial score (nSPS) is 17.6. The molecule has 112 valence electrons. The summed E-state index contributed by atoms with van der Waals surface area (Å²) in [7, 11) is 1.77. The number of hydrogen-bond donors (Lipinski definition) is 1. The lowest BCUT2D eigenvalue weighted by Crippen LogP contribution is -2.35. The summed E-state index contributed by atoms with van der Waals surface area (Å²) in [6.07, 6.45) is 6.72. The first-order chi connectivity index (χ1) is 9.65. The van der Waals surface area contributed by atoms with Crippen molar-refractivity contribution in [3.05, 3.63) is 34.9 Å². The third kappa shape index (κ3) is 4.07. The Kier molecular flexibility index (Phi) is 5.62. The van der Waals surface area contributed by atoms with Gasteiger partial charge in [-0.1, -0.05) is 36.6 Å². The summed E-state index contributed by atoms with van der Waals surface area (Å²) in [4.78, 5) is 0. The highest BCUT2D eigenvalue weighted by molar-refractivity contribution is 5.31. The smallest absolute Gasteiger partial charge is 0.0587 e. The summed E-state index contributed by atoms with van der Waals surface area (Å²) in [5.74, 6) is 0. The van der Waals surface area contributed by atoms with Crippen molar-refractivity contribution in [3.63, 3.8) is 0 Å². The van der Waals surface area contributed by atoms with Crippen molar-refractivity contribution in [2.45, 2.75) is 46.0 Å². The molecule has 0 atom stereocenters. The lowest BCUT2D eigenvalue weighted by molar-refractivity contribution is 0.189. The molecule has 1 aliphatic rings. The first kappa shape index (κ1) is 15.5. The molecule has 0 bridgehead atoms. The van der Waals surface area contributed by atoms with Crippen LogP contribution in [0, 0.1) is 19.3 Å². The molecule has 1 aliphatic carbocycles. The summed E-state index contributed by atoms with van der Waals surface area (Å²) in [6, 6.07) is 6.87. The van der Waals surface area contributed by atoms with Crippen LogP contribution in [0.1, 0.15) is 42.4 Å². The Balaban J connectivity index is 2.02. The number of ether oxygens (including phenoxy) is 1. The second kappa shape index (κ2) is 7.24. The van der Waals surface area contributed by atoms with E-state index in [0.29, 0.717) is 5.41 Å². The van der Waals surface area contributed by atoms with Crippen molar-refractivity contribution in [1.82, 2.24) is 5.32 Å². The van der Waals surface area contributed by atoms with Crippen LogP contribution in [0.15, 0.2) is 18.2 Å². The summed E-state index contributed by atoms with van der Waals surface area (Å²) >= 11 is 0. The van der Waals surface area contributed by atoms with Gasteiger partial charge in [-0.3, -0.25) is 0 Å². The molecule has 20 heavy (non-hydrogen) atoms. The van der Waals surface area contributed by atoms with Crippen LogP contribution < -0.4 is 5.32 Å². The van der Waals surface area contributed by atoms with Crippen LogP contribution in [0.5, 0.6) is 0 Å². The quantitative estimate of drug-likeness (QED) is 0.767. The number of aryl methyl sites for hydroxylation is 2. The highest BCUT2D eigenvalue weighted by Gasteiger charge is 2.33. The SMILES string of the molecule is COCCNCC1(Cc2cc(C)ccc2C)CCCC1. The maximum atomic E-state index is 5.13. The molecule has 1 aromatic rings. The monoisotopic (exact) mass is 275 g/mol. The largest absolute Gasteiger partial charge is 0.383 e. The van der Waals surface area contributed by atoms with Crippen molar-refractivity contribution in [3.8, 4) is 0 Å². The average Bonchev–Trinajstić information content (AvgIpc) is 2.88. The van der Waals surface area contributed by atoms with Gasteiger partial charge in [0.25, 0.3) is 0 Å². The molecule has 0 aliphatic heterocycles. The Morgan fingerprint density at radius 2 is 1.95 bits per heavy atom. The van der Waals surface area contributed by atoms with E-state index in [9.17, 15) is 0 Å². The highest BCUT2D eigenvalue weighted by Crippen LogP contribution is 2.41. The van der Waals surface area contributed by atoms with Crippen molar-refractivity contribution in [1.29, 1.82) is 0 Å². The fourth-order valence-electron chi connectivity index (χ4n) is 3.46. The van der Waals surface area contributed by atoms with Crippen LogP contribution in [-0.4, -0.2) is 26.8 Å². The molecule has 1 fully saturated rings. The van der Waals surface area contributed by atoms with E-state index in [0.717, 1.165) is 19.7 Å². The van der Waals surface area contributed by atoms with Crippen LogP contribution in [-0.2, 0) is 11.2 Å². The molecule has 2 heteroatoms. The Hall–Kier alpha value is -0.860. The van der Waals surface area contributed by atoms with E-state index in [1.54, 1.807) is 12.7 Å². The number of hydrogen-bond acceptors (Lipinski definition) is 2. The summed E-state index contributed by atoms with van der Waals surface area (Å²) < 4.78 is 5.13. The van der Waals surface area contributed by atoms with Gasteiger partial charge in [0.05, 0.1) is 6.61 Å². The summed E-state index contributed by atoms with van der Waals surface area (Å²) in [5.41, 5.74) is 4.83. The lowest BCUT2D eigenvalue weighted by atomic mass is 9.78. The van der Waals surface area contributed by atoms with Gasteiger partial charge in [-0.2, -0.15) is 0 Å². The Bertz CT molecular complexity index is 421. The van der Waals surface area contributed by atoms with Crippen LogP contribution in [0.2, 0.25) is 0 Å². The molecule has 1 aromatic carbocycles. The molecule has 1 N–H and O–H groups in total. The molecular formula is C18H29NO. The molecule has 2 nitrogen and oxygen atoms in total. The van der Waals surface area contributed by atoms with E-state index in [-0.39, 0.29) is 0 Å². The van der Waals surface area contributed by atoms with Crippen molar-refractivity contribution < 1.29 is 4.74 Å². The third-order valence-corrected chi connectivity index (χ3v) is 4.72. The molecule has 0 unspecified atom stereocenters. The minimum Gasteiger partial charge on any atom is -0.383 e. The molecule has 0 saturated heterocycles. The lowest BCUT2D eigenvalue weighted by Gasteiger charge is -2.30. The molecule has 2 rings (SSSR count).